The van der Waals surface area contributed by atoms with E-state index >= 15 is 0 Å². The van der Waals surface area contributed by atoms with Gasteiger partial charge in [0.2, 0.25) is 0 Å². The summed E-state index contributed by atoms with van der Waals surface area (Å²) in [5, 5.41) is 3.43. The van der Waals surface area contributed by atoms with Gasteiger partial charge in [-0.1, -0.05) is 29.8 Å². The normalized spacial score (nSPS) is 10.2. The van der Waals surface area contributed by atoms with E-state index in [4.69, 9.17) is 21.1 Å². The van der Waals surface area contributed by atoms with Crippen LogP contribution in [0.2, 0.25) is 5.02 Å². The second-order valence-electron chi connectivity index (χ2n) is 5.16. The molecule has 122 valence electrons. The monoisotopic (exact) mass is 333 g/mol. The third kappa shape index (κ3) is 5.49. The molecule has 0 spiro atoms. The molecule has 0 aliphatic carbocycles. The van der Waals surface area contributed by atoms with Crippen molar-refractivity contribution in [3.8, 4) is 11.5 Å². The van der Waals surface area contributed by atoms with E-state index in [-0.39, 0.29) is 12.5 Å². The molecule has 0 fully saturated rings. The zero-order chi connectivity index (χ0) is 16.7. The van der Waals surface area contributed by atoms with Crippen LogP contribution in [0.5, 0.6) is 11.5 Å². The minimum atomic E-state index is -0.189. The molecular weight excluding hydrogens is 314 g/mol. The number of ether oxygens (including phenoxy) is 2. The van der Waals surface area contributed by atoms with Crippen molar-refractivity contribution in [1.29, 1.82) is 0 Å². The Balaban J connectivity index is 1.67. The smallest absolute Gasteiger partial charge is 0.258 e. The van der Waals surface area contributed by atoms with Crippen LogP contribution in [0.25, 0.3) is 0 Å². The van der Waals surface area contributed by atoms with Gasteiger partial charge in [-0.15, -0.1) is 0 Å². The molecule has 5 heteroatoms. The highest BCUT2D eigenvalue weighted by Crippen LogP contribution is 2.20. The number of carbonyl (C=O) groups is 1. The van der Waals surface area contributed by atoms with Crippen LogP contribution in [-0.2, 0) is 4.79 Å². The van der Waals surface area contributed by atoms with E-state index in [2.05, 4.69) is 5.32 Å². The highest BCUT2D eigenvalue weighted by molar-refractivity contribution is 6.31. The van der Waals surface area contributed by atoms with E-state index < -0.39 is 0 Å². The van der Waals surface area contributed by atoms with Crippen LogP contribution in [0.4, 0.5) is 0 Å². The molecule has 0 aliphatic heterocycles. The summed E-state index contributed by atoms with van der Waals surface area (Å²) in [6.45, 7) is 4.67. The molecule has 1 N–H and O–H groups in total. The fourth-order valence-corrected chi connectivity index (χ4v) is 2.09. The summed E-state index contributed by atoms with van der Waals surface area (Å²) in [6, 6.07) is 13.1. The molecular formula is C18H20ClNO3. The first-order chi connectivity index (χ1) is 11.1. The van der Waals surface area contributed by atoms with Crippen molar-refractivity contribution < 1.29 is 14.3 Å². The molecule has 4 nitrogen and oxygen atoms in total. The van der Waals surface area contributed by atoms with Gasteiger partial charge in [0.1, 0.15) is 18.1 Å². The average molecular weight is 334 g/mol. The van der Waals surface area contributed by atoms with Crippen molar-refractivity contribution in [3.05, 3.63) is 58.6 Å². The summed E-state index contributed by atoms with van der Waals surface area (Å²) in [7, 11) is 0. The lowest BCUT2D eigenvalue weighted by Gasteiger charge is -2.10. The molecule has 0 saturated heterocycles. The lowest BCUT2D eigenvalue weighted by molar-refractivity contribution is -0.123. The van der Waals surface area contributed by atoms with E-state index in [1.807, 2.05) is 38.1 Å². The number of para-hydroxylation sites is 1. The molecule has 23 heavy (non-hydrogen) atoms. The molecule has 2 rings (SSSR count). The predicted octanol–water partition coefficient (Wildman–Crippen LogP) is 3.53. The average Bonchev–Trinajstić information content (AvgIpc) is 2.54. The predicted molar refractivity (Wildman–Crippen MR) is 91.4 cm³/mol. The molecule has 1 amide bonds. The number of halogens is 1. The highest BCUT2D eigenvalue weighted by atomic mass is 35.5. The van der Waals surface area contributed by atoms with Crippen molar-refractivity contribution in [2.24, 2.45) is 0 Å². The van der Waals surface area contributed by atoms with E-state index in [0.717, 1.165) is 16.9 Å². The minimum absolute atomic E-state index is 0.0363. The second kappa shape index (κ2) is 8.44. The molecule has 0 unspecified atom stereocenters. The highest BCUT2D eigenvalue weighted by Gasteiger charge is 2.04. The van der Waals surface area contributed by atoms with Crippen molar-refractivity contribution in [2.75, 3.05) is 19.8 Å². The molecule has 0 heterocycles. The maximum atomic E-state index is 11.7. The summed E-state index contributed by atoms with van der Waals surface area (Å²) in [4.78, 5) is 11.7. The maximum Gasteiger partial charge on any atom is 0.258 e. The Morgan fingerprint density at radius 3 is 2.61 bits per heavy atom. The van der Waals surface area contributed by atoms with E-state index in [1.54, 1.807) is 18.2 Å². The first kappa shape index (κ1) is 17.2. The molecule has 0 aromatic heterocycles. The van der Waals surface area contributed by atoms with Gasteiger partial charge in [-0.3, -0.25) is 4.79 Å². The topological polar surface area (TPSA) is 47.6 Å². The zero-order valence-electron chi connectivity index (χ0n) is 13.3. The SMILES string of the molecule is Cc1cc(OCC(=O)NCCOc2ccccc2C)ccc1Cl. The van der Waals surface area contributed by atoms with Gasteiger partial charge < -0.3 is 14.8 Å². The third-order valence-electron chi connectivity index (χ3n) is 3.27. The Morgan fingerprint density at radius 1 is 1.09 bits per heavy atom. The van der Waals surface area contributed by atoms with Crippen molar-refractivity contribution >= 4 is 17.5 Å². The summed E-state index contributed by atoms with van der Waals surface area (Å²) >= 11 is 5.94. The van der Waals surface area contributed by atoms with Crippen LogP contribution in [0.3, 0.4) is 0 Å². The van der Waals surface area contributed by atoms with Crippen LogP contribution < -0.4 is 14.8 Å². The van der Waals surface area contributed by atoms with Gasteiger partial charge in [-0.2, -0.15) is 0 Å². The Hall–Kier alpha value is -2.20. The van der Waals surface area contributed by atoms with E-state index in [9.17, 15) is 4.79 Å². The zero-order valence-corrected chi connectivity index (χ0v) is 14.0. The quantitative estimate of drug-likeness (QED) is 0.788. The van der Waals surface area contributed by atoms with Crippen molar-refractivity contribution in [2.45, 2.75) is 13.8 Å². The lowest BCUT2D eigenvalue weighted by atomic mass is 10.2. The van der Waals surface area contributed by atoms with Crippen LogP contribution in [0.1, 0.15) is 11.1 Å². The number of amides is 1. The lowest BCUT2D eigenvalue weighted by Crippen LogP contribution is -2.32. The standard InChI is InChI=1S/C18H20ClNO3/c1-13-5-3-4-6-17(13)22-10-9-20-18(21)12-23-15-7-8-16(19)14(2)11-15/h3-8,11H,9-10,12H2,1-2H3,(H,20,21). The molecule has 0 radical (unpaired) electrons. The largest absolute Gasteiger partial charge is 0.491 e. The van der Waals surface area contributed by atoms with Crippen LogP contribution in [-0.4, -0.2) is 25.7 Å². The van der Waals surface area contributed by atoms with E-state index in [1.165, 1.54) is 0 Å². The van der Waals surface area contributed by atoms with Gasteiger partial charge in [-0.25, -0.2) is 0 Å². The second-order valence-corrected chi connectivity index (χ2v) is 5.57. The first-order valence-electron chi connectivity index (χ1n) is 7.40. The molecule has 2 aromatic rings. The fraction of sp³-hybridized carbons (Fsp3) is 0.278. The van der Waals surface area contributed by atoms with Gasteiger partial charge in [0.05, 0.1) is 6.54 Å². The Kier molecular flexibility index (Phi) is 6.29. The van der Waals surface area contributed by atoms with Gasteiger partial charge in [-0.05, 0) is 49.2 Å². The van der Waals surface area contributed by atoms with Crippen LogP contribution >= 0.6 is 11.6 Å². The first-order valence-corrected chi connectivity index (χ1v) is 7.78. The Bertz CT molecular complexity index is 673. The molecule has 2 aromatic carbocycles. The number of carbonyl (C=O) groups excluding carboxylic acids is 1. The number of nitrogens with one attached hydrogen (secondary N) is 1. The van der Waals surface area contributed by atoms with Crippen molar-refractivity contribution in [3.63, 3.8) is 0 Å². The summed E-state index contributed by atoms with van der Waals surface area (Å²) in [6.07, 6.45) is 0. The number of hydrogen-bond acceptors (Lipinski definition) is 3. The maximum absolute atomic E-state index is 11.7. The van der Waals surface area contributed by atoms with Crippen LogP contribution in [0.15, 0.2) is 42.5 Å². The number of benzene rings is 2. The molecule has 0 atom stereocenters. The summed E-state index contributed by atoms with van der Waals surface area (Å²) < 4.78 is 11.0. The van der Waals surface area contributed by atoms with Gasteiger partial charge in [0.15, 0.2) is 6.61 Å². The number of aryl methyl sites for hydroxylation is 2. The minimum Gasteiger partial charge on any atom is -0.491 e. The van der Waals surface area contributed by atoms with Crippen LogP contribution in [0, 0.1) is 13.8 Å². The number of hydrogen-bond donors (Lipinski definition) is 1. The van der Waals surface area contributed by atoms with Gasteiger partial charge in [0.25, 0.3) is 5.91 Å². The van der Waals surface area contributed by atoms with Crippen molar-refractivity contribution in [1.82, 2.24) is 5.32 Å². The summed E-state index contributed by atoms with van der Waals surface area (Å²) in [5.74, 6) is 1.26. The van der Waals surface area contributed by atoms with E-state index in [0.29, 0.717) is 23.9 Å². The van der Waals surface area contributed by atoms with Gasteiger partial charge in [0, 0.05) is 5.02 Å². The Labute approximate surface area is 141 Å². The molecule has 0 saturated carbocycles. The molecule has 0 aliphatic rings. The number of rotatable bonds is 7. The fourth-order valence-electron chi connectivity index (χ4n) is 1.98. The van der Waals surface area contributed by atoms with Gasteiger partial charge >= 0.3 is 0 Å². The summed E-state index contributed by atoms with van der Waals surface area (Å²) in [5.41, 5.74) is 1.98. The Morgan fingerprint density at radius 2 is 1.87 bits per heavy atom. The molecule has 0 bridgehead atoms. The third-order valence-corrected chi connectivity index (χ3v) is 3.70.